The number of amides is 1. The second-order valence-corrected chi connectivity index (χ2v) is 4.57. The lowest BCUT2D eigenvalue weighted by Gasteiger charge is -2.31. The summed E-state index contributed by atoms with van der Waals surface area (Å²) in [7, 11) is 0. The van der Waals surface area contributed by atoms with Crippen molar-refractivity contribution in [3.05, 3.63) is 11.1 Å². The molecule has 0 aromatic carbocycles. The third-order valence-corrected chi connectivity index (χ3v) is 3.20. The van der Waals surface area contributed by atoms with Gasteiger partial charge in [-0.25, -0.2) is 4.79 Å². The number of hydrogen-bond acceptors (Lipinski definition) is 2. The molecule has 0 unspecified atom stereocenters. The Kier molecular flexibility index (Phi) is 6.75. The van der Waals surface area contributed by atoms with Gasteiger partial charge < -0.3 is 10.0 Å². The molecule has 0 aliphatic rings. The smallest absolute Gasteiger partial charge is 0.406 e. The highest BCUT2D eigenvalue weighted by atomic mass is 19.4. The van der Waals surface area contributed by atoms with Crippen LogP contribution in [0.4, 0.5) is 13.2 Å². The van der Waals surface area contributed by atoms with E-state index < -0.39 is 30.6 Å². The average molecular weight is 295 g/mol. The molecule has 7 heteroatoms. The summed E-state index contributed by atoms with van der Waals surface area (Å²) >= 11 is 0. The molecule has 0 aliphatic heterocycles. The summed E-state index contributed by atoms with van der Waals surface area (Å²) in [4.78, 5) is 23.7. The molecule has 0 aromatic rings. The van der Waals surface area contributed by atoms with E-state index in [0.717, 1.165) is 0 Å². The Morgan fingerprint density at radius 3 is 1.85 bits per heavy atom. The zero-order chi connectivity index (χ0) is 16.1. The number of carbonyl (C=O) groups excluding carboxylic acids is 1. The summed E-state index contributed by atoms with van der Waals surface area (Å²) in [6, 6.07) is -0.569. The van der Waals surface area contributed by atoms with Gasteiger partial charge in [0.1, 0.15) is 6.54 Å². The van der Waals surface area contributed by atoms with Gasteiger partial charge in [0.15, 0.2) is 0 Å². The second kappa shape index (κ2) is 7.31. The monoisotopic (exact) mass is 295 g/mol. The third kappa shape index (κ3) is 5.22. The SMILES string of the molecule is CCC(CC)N(CC(F)(F)F)C(=O)C(C)=C(C)C(=O)O. The summed E-state index contributed by atoms with van der Waals surface area (Å²) < 4.78 is 37.8. The predicted octanol–water partition coefficient (Wildman–Crippen LogP) is 2.99. The molecule has 1 amide bonds. The number of carbonyl (C=O) groups is 2. The molecule has 20 heavy (non-hydrogen) atoms. The van der Waals surface area contributed by atoms with Crippen molar-refractivity contribution in [3.8, 4) is 0 Å². The molecule has 0 radical (unpaired) electrons. The first-order valence-electron chi connectivity index (χ1n) is 6.33. The van der Waals surface area contributed by atoms with Crippen molar-refractivity contribution in [2.24, 2.45) is 0 Å². The molecule has 0 saturated heterocycles. The zero-order valence-corrected chi connectivity index (χ0v) is 12.0. The summed E-state index contributed by atoms with van der Waals surface area (Å²) in [6.07, 6.45) is -3.77. The van der Waals surface area contributed by atoms with Crippen molar-refractivity contribution < 1.29 is 27.9 Å². The van der Waals surface area contributed by atoms with Crippen LogP contribution in [0.5, 0.6) is 0 Å². The van der Waals surface area contributed by atoms with E-state index in [0.29, 0.717) is 17.7 Å². The first-order valence-corrected chi connectivity index (χ1v) is 6.33. The van der Waals surface area contributed by atoms with Crippen LogP contribution in [-0.4, -0.2) is 40.6 Å². The first kappa shape index (κ1) is 18.5. The Hall–Kier alpha value is -1.53. The van der Waals surface area contributed by atoms with Crippen LogP contribution in [0.2, 0.25) is 0 Å². The van der Waals surface area contributed by atoms with Gasteiger partial charge in [-0.05, 0) is 26.7 Å². The topological polar surface area (TPSA) is 57.6 Å². The van der Waals surface area contributed by atoms with Gasteiger partial charge in [0.05, 0.1) is 0 Å². The zero-order valence-electron chi connectivity index (χ0n) is 12.0. The Bertz CT molecular complexity index is 398. The van der Waals surface area contributed by atoms with Gasteiger partial charge in [0, 0.05) is 17.2 Å². The van der Waals surface area contributed by atoms with E-state index in [1.807, 2.05) is 0 Å². The van der Waals surface area contributed by atoms with Crippen LogP contribution in [0.1, 0.15) is 40.5 Å². The minimum Gasteiger partial charge on any atom is -0.478 e. The van der Waals surface area contributed by atoms with Crippen LogP contribution in [-0.2, 0) is 9.59 Å². The predicted molar refractivity (Wildman–Crippen MR) is 68.1 cm³/mol. The third-order valence-electron chi connectivity index (χ3n) is 3.20. The highest BCUT2D eigenvalue weighted by Crippen LogP contribution is 2.22. The number of rotatable bonds is 6. The van der Waals surface area contributed by atoms with Gasteiger partial charge >= 0.3 is 12.1 Å². The molecule has 0 aliphatic carbocycles. The number of carboxylic acid groups (broad SMARTS) is 1. The van der Waals surface area contributed by atoms with E-state index >= 15 is 0 Å². The van der Waals surface area contributed by atoms with Gasteiger partial charge in [-0.1, -0.05) is 13.8 Å². The van der Waals surface area contributed by atoms with Crippen LogP contribution in [0.3, 0.4) is 0 Å². The van der Waals surface area contributed by atoms with E-state index in [1.54, 1.807) is 13.8 Å². The summed E-state index contributed by atoms with van der Waals surface area (Å²) in [5.74, 6) is -2.19. The van der Waals surface area contributed by atoms with Crippen molar-refractivity contribution >= 4 is 11.9 Å². The van der Waals surface area contributed by atoms with Crippen LogP contribution in [0, 0.1) is 0 Å². The van der Waals surface area contributed by atoms with Crippen molar-refractivity contribution in [2.75, 3.05) is 6.54 Å². The van der Waals surface area contributed by atoms with E-state index in [2.05, 4.69) is 0 Å². The van der Waals surface area contributed by atoms with Crippen LogP contribution >= 0.6 is 0 Å². The average Bonchev–Trinajstić information content (AvgIpc) is 2.34. The first-order chi connectivity index (χ1) is 9.05. The molecular weight excluding hydrogens is 275 g/mol. The molecule has 0 bridgehead atoms. The molecule has 116 valence electrons. The van der Waals surface area contributed by atoms with E-state index in [4.69, 9.17) is 5.11 Å². The number of hydrogen-bond donors (Lipinski definition) is 1. The molecule has 0 heterocycles. The van der Waals surface area contributed by atoms with E-state index in [9.17, 15) is 22.8 Å². The molecule has 0 atom stereocenters. The Balaban J connectivity index is 5.48. The van der Waals surface area contributed by atoms with Gasteiger partial charge in [-0.3, -0.25) is 4.79 Å². The van der Waals surface area contributed by atoms with Gasteiger partial charge in [-0.15, -0.1) is 0 Å². The minimum atomic E-state index is -4.52. The van der Waals surface area contributed by atoms with Crippen LogP contribution in [0.25, 0.3) is 0 Å². The quantitative estimate of drug-likeness (QED) is 0.766. The summed E-state index contributed by atoms with van der Waals surface area (Å²) in [5, 5.41) is 8.82. The molecule has 1 N–H and O–H groups in total. The number of halogens is 3. The molecule has 0 rings (SSSR count). The summed E-state index contributed by atoms with van der Waals surface area (Å²) in [5.41, 5.74) is -0.415. The number of nitrogens with zero attached hydrogens (tertiary/aromatic N) is 1. The molecule has 0 spiro atoms. The van der Waals surface area contributed by atoms with E-state index in [-0.39, 0.29) is 11.1 Å². The molecule has 0 saturated carbocycles. The second-order valence-electron chi connectivity index (χ2n) is 4.57. The lowest BCUT2D eigenvalue weighted by Crippen LogP contribution is -2.46. The minimum absolute atomic E-state index is 0.173. The lowest BCUT2D eigenvalue weighted by molar-refractivity contribution is -0.163. The maximum absolute atomic E-state index is 12.6. The fraction of sp³-hybridized carbons (Fsp3) is 0.692. The van der Waals surface area contributed by atoms with Crippen molar-refractivity contribution in [2.45, 2.75) is 52.8 Å². The molecule has 0 fully saturated rings. The summed E-state index contributed by atoms with van der Waals surface area (Å²) in [6.45, 7) is 4.44. The molecule has 0 aromatic heterocycles. The van der Waals surface area contributed by atoms with Gasteiger partial charge in [0.2, 0.25) is 0 Å². The van der Waals surface area contributed by atoms with Crippen LogP contribution in [0.15, 0.2) is 11.1 Å². The highest BCUT2D eigenvalue weighted by molar-refractivity contribution is 6.01. The Morgan fingerprint density at radius 1 is 1.10 bits per heavy atom. The largest absolute Gasteiger partial charge is 0.478 e. The van der Waals surface area contributed by atoms with E-state index in [1.165, 1.54) is 13.8 Å². The van der Waals surface area contributed by atoms with Crippen molar-refractivity contribution in [3.63, 3.8) is 0 Å². The molecular formula is C13H20F3NO3. The van der Waals surface area contributed by atoms with Crippen LogP contribution < -0.4 is 0 Å². The number of carboxylic acids is 1. The fourth-order valence-corrected chi connectivity index (χ4v) is 1.83. The Morgan fingerprint density at radius 2 is 1.55 bits per heavy atom. The number of alkyl halides is 3. The maximum atomic E-state index is 12.6. The van der Waals surface area contributed by atoms with Crippen molar-refractivity contribution in [1.82, 2.24) is 4.90 Å². The lowest BCUT2D eigenvalue weighted by atomic mass is 10.1. The Labute approximate surface area is 116 Å². The highest BCUT2D eigenvalue weighted by Gasteiger charge is 2.36. The molecule has 4 nitrogen and oxygen atoms in total. The number of aliphatic carboxylic acids is 1. The standard InChI is InChI=1S/C13H20F3NO3/c1-5-10(6-2)17(7-13(14,15)16)11(18)8(3)9(4)12(19)20/h10H,5-7H2,1-4H3,(H,19,20). The van der Waals surface area contributed by atoms with Gasteiger partial charge in [0.25, 0.3) is 5.91 Å². The fourth-order valence-electron chi connectivity index (χ4n) is 1.83. The van der Waals surface area contributed by atoms with Crippen molar-refractivity contribution in [1.29, 1.82) is 0 Å². The van der Waals surface area contributed by atoms with Gasteiger partial charge in [-0.2, -0.15) is 13.2 Å². The normalized spacial score (nSPS) is 13.2. The maximum Gasteiger partial charge on any atom is 0.406 e.